The molecular weight excluding hydrogens is 232 g/mol. The van der Waals surface area contributed by atoms with Crippen molar-refractivity contribution in [2.45, 2.75) is 18.9 Å². The van der Waals surface area contributed by atoms with Gasteiger partial charge in [0.25, 0.3) is 0 Å². The number of phenols is 1. The van der Waals surface area contributed by atoms with Crippen LogP contribution in [0.5, 0.6) is 5.75 Å². The molecule has 0 aliphatic carbocycles. The Morgan fingerprint density at radius 1 is 1.62 bits per heavy atom. The quantitative estimate of drug-likeness (QED) is 0.466. The molecule has 0 spiro atoms. The van der Waals surface area contributed by atoms with Crippen LogP contribution >= 0.6 is 11.6 Å². The molecule has 0 aromatic heterocycles. The third-order valence-electron chi connectivity index (χ3n) is 2.36. The van der Waals surface area contributed by atoms with E-state index in [9.17, 15) is 9.90 Å². The summed E-state index contributed by atoms with van der Waals surface area (Å²) in [6.07, 6.45) is 0.142. The van der Waals surface area contributed by atoms with Gasteiger partial charge in [-0.15, -0.1) is 0 Å². The normalized spacial score (nSPS) is 14.4. The van der Waals surface area contributed by atoms with Crippen molar-refractivity contribution in [3.63, 3.8) is 0 Å². The Labute approximate surface area is 97.8 Å². The largest absolute Gasteiger partial charge is 0.506 e. The van der Waals surface area contributed by atoms with Gasteiger partial charge in [-0.25, -0.2) is 5.43 Å². The van der Waals surface area contributed by atoms with Gasteiger partial charge in [-0.05, 0) is 24.6 Å². The van der Waals surface area contributed by atoms with Crippen LogP contribution in [0.2, 0.25) is 5.02 Å². The minimum Gasteiger partial charge on any atom is -0.506 e. The second-order valence-corrected chi connectivity index (χ2v) is 4.15. The molecule has 0 fully saturated rings. The fourth-order valence-electron chi connectivity index (χ4n) is 1.26. The zero-order valence-corrected chi connectivity index (χ0v) is 9.45. The van der Waals surface area contributed by atoms with E-state index in [4.69, 9.17) is 22.6 Å². The first-order valence-electron chi connectivity index (χ1n) is 4.57. The van der Waals surface area contributed by atoms with Gasteiger partial charge in [0.2, 0.25) is 0 Å². The van der Waals surface area contributed by atoms with Crippen molar-refractivity contribution >= 4 is 17.6 Å². The molecule has 1 aromatic carbocycles. The summed E-state index contributed by atoms with van der Waals surface area (Å²) in [6.45, 7) is 1.46. The molecule has 0 bridgehead atoms. The first-order chi connectivity index (χ1) is 7.39. The summed E-state index contributed by atoms with van der Waals surface area (Å²) in [5, 5.41) is 18.6. The first kappa shape index (κ1) is 12.8. The molecule has 1 rings (SSSR count). The van der Waals surface area contributed by atoms with E-state index in [1.165, 1.54) is 19.1 Å². The third kappa shape index (κ3) is 2.63. The molecule has 88 valence electrons. The summed E-state index contributed by atoms with van der Waals surface area (Å²) in [5.41, 5.74) is 1.60. The lowest BCUT2D eigenvalue weighted by molar-refractivity contribution is -0.144. The van der Waals surface area contributed by atoms with E-state index in [0.29, 0.717) is 5.56 Å². The lowest BCUT2D eigenvalue weighted by Gasteiger charge is -2.23. The predicted octanol–water partition coefficient (Wildman–Crippen LogP) is 0.895. The maximum absolute atomic E-state index is 11.0. The molecule has 5 N–H and O–H groups in total. The smallest absolute Gasteiger partial charge is 0.325 e. The Bertz CT molecular complexity index is 411. The van der Waals surface area contributed by atoms with Crippen LogP contribution in [-0.4, -0.2) is 21.7 Å². The fourth-order valence-corrected chi connectivity index (χ4v) is 1.38. The van der Waals surface area contributed by atoms with Gasteiger partial charge in [-0.2, -0.15) is 0 Å². The molecule has 0 saturated carbocycles. The van der Waals surface area contributed by atoms with Crippen molar-refractivity contribution in [3.8, 4) is 5.75 Å². The maximum Gasteiger partial charge on any atom is 0.325 e. The summed E-state index contributed by atoms with van der Waals surface area (Å²) < 4.78 is 0. The number of carboxylic acid groups (broad SMARTS) is 1. The van der Waals surface area contributed by atoms with Gasteiger partial charge in [0.05, 0.1) is 5.02 Å². The van der Waals surface area contributed by atoms with Crippen LogP contribution in [0, 0.1) is 0 Å². The lowest BCUT2D eigenvalue weighted by atomic mass is 9.93. The molecule has 6 heteroatoms. The van der Waals surface area contributed by atoms with Crippen LogP contribution in [0.15, 0.2) is 18.2 Å². The Morgan fingerprint density at radius 2 is 2.25 bits per heavy atom. The summed E-state index contributed by atoms with van der Waals surface area (Å²) >= 11 is 5.64. The van der Waals surface area contributed by atoms with E-state index in [1.54, 1.807) is 6.07 Å². The van der Waals surface area contributed by atoms with E-state index < -0.39 is 11.5 Å². The number of aromatic hydroxyl groups is 1. The zero-order chi connectivity index (χ0) is 12.3. The van der Waals surface area contributed by atoms with Crippen LogP contribution in [-0.2, 0) is 11.2 Å². The number of phenolic OH excluding ortho intramolecular Hbond substituents is 1. The Hall–Kier alpha value is -1.30. The monoisotopic (exact) mass is 244 g/mol. The second kappa shape index (κ2) is 4.69. The highest BCUT2D eigenvalue weighted by Crippen LogP contribution is 2.25. The molecule has 0 saturated heterocycles. The SMILES string of the molecule is CC(Cc1ccc(Cl)c(O)c1)(NN)C(=O)O. The molecule has 16 heavy (non-hydrogen) atoms. The molecule has 0 aliphatic heterocycles. The van der Waals surface area contributed by atoms with Gasteiger partial charge in [0.15, 0.2) is 0 Å². The number of hydrogen-bond acceptors (Lipinski definition) is 4. The van der Waals surface area contributed by atoms with Crippen molar-refractivity contribution in [1.82, 2.24) is 5.43 Å². The number of carbonyl (C=O) groups is 1. The van der Waals surface area contributed by atoms with Gasteiger partial charge >= 0.3 is 5.97 Å². The molecule has 0 radical (unpaired) electrons. The number of nitrogens with two attached hydrogens (primary N) is 1. The Morgan fingerprint density at radius 3 is 2.69 bits per heavy atom. The standard InChI is InChI=1S/C10H13ClN2O3/c1-10(13-12,9(15)16)5-6-2-3-7(11)8(14)4-6/h2-4,13-14H,5,12H2,1H3,(H,15,16). The van der Waals surface area contributed by atoms with Crippen LogP contribution in [0.1, 0.15) is 12.5 Å². The molecule has 0 heterocycles. The number of hydrogen-bond donors (Lipinski definition) is 4. The number of hydrazine groups is 1. The van der Waals surface area contributed by atoms with Gasteiger partial charge < -0.3 is 10.2 Å². The number of rotatable bonds is 4. The highest BCUT2D eigenvalue weighted by Gasteiger charge is 2.32. The number of aliphatic carboxylic acids is 1. The van der Waals surface area contributed by atoms with E-state index >= 15 is 0 Å². The summed E-state index contributed by atoms with van der Waals surface area (Å²) in [6, 6.07) is 4.56. The van der Waals surface area contributed by atoms with Crippen LogP contribution in [0.3, 0.4) is 0 Å². The molecule has 1 atom stereocenters. The number of halogens is 1. The topological polar surface area (TPSA) is 95.6 Å². The predicted molar refractivity (Wildman–Crippen MR) is 60.2 cm³/mol. The molecule has 5 nitrogen and oxygen atoms in total. The van der Waals surface area contributed by atoms with E-state index in [-0.39, 0.29) is 17.2 Å². The second-order valence-electron chi connectivity index (χ2n) is 3.74. The first-order valence-corrected chi connectivity index (χ1v) is 4.95. The van der Waals surface area contributed by atoms with Crippen molar-refractivity contribution in [1.29, 1.82) is 0 Å². The van der Waals surface area contributed by atoms with E-state index in [2.05, 4.69) is 5.43 Å². The molecule has 1 aromatic rings. The van der Waals surface area contributed by atoms with Crippen LogP contribution in [0.4, 0.5) is 0 Å². The summed E-state index contributed by atoms with van der Waals surface area (Å²) in [5.74, 6) is 4.06. The van der Waals surface area contributed by atoms with Crippen molar-refractivity contribution < 1.29 is 15.0 Å². The lowest BCUT2D eigenvalue weighted by Crippen LogP contribution is -2.54. The molecule has 1 unspecified atom stereocenters. The van der Waals surface area contributed by atoms with Gasteiger partial charge in [0.1, 0.15) is 11.3 Å². The van der Waals surface area contributed by atoms with Gasteiger partial charge in [0, 0.05) is 6.42 Å². The zero-order valence-electron chi connectivity index (χ0n) is 8.70. The molecule has 0 amide bonds. The minimum atomic E-state index is -1.28. The van der Waals surface area contributed by atoms with Gasteiger partial charge in [-0.3, -0.25) is 10.6 Å². The van der Waals surface area contributed by atoms with Crippen molar-refractivity contribution in [2.75, 3.05) is 0 Å². The number of carboxylic acids is 1. The highest BCUT2D eigenvalue weighted by molar-refractivity contribution is 6.32. The summed E-state index contributed by atoms with van der Waals surface area (Å²) in [7, 11) is 0. The van der Waals surface area contributed by atoms with Crippen molar-refractivity contribution in [3.05, 3.63) is 28.8 Å². The minimum absolute atomic E-state index is 0.0797. The number of benzene rings is 1. The Kier molecular flexibility index (Phi) is 3.74. The molecule has 0 aliphatic rings. The van der Waals surface area contributed by atoms with Crippen molar-refractivity contribution in [2.24, 2.45) is 5.84 Å². The van der Waals surface area contributed by atoms with Crippen LogP contribution in [0.25, 0.3) is 0 Å². The third-order valence-corrected chi connectivity index (χ3v) is 2.68. The van der Waals surface area contributed by atoms with E-state index in [1.807, 2.05) is 0 Å². The van der Waals surface area contributed by atoms with E-state index in [0.717, 1.165) is 0 Å². The highest BCUT2D eigenvalue weighted by atomic mass is 35.5. The summed E-state index contributed by atoms with van der Waals surface area (Å²) in [4.78, 5) is 11.0. The maximum atomic E-state index is 11.0. The number of nitrogens with one attached hydrogen (secondary N) is 1. The average molecular weight is 245 g/mol. The average Bonchev–Trinajstić information content (AvgIpc) is 2.23. The van der Waals surface area contributed by atoms with Gasteiger partial charge in [-0.1, -0.05) is 17.7 Å². The Balaban J connectivity index is 2.95. The molecular formula is C10H13ClN2O3. The van der Waals surface area contributed by atoms with Crippen LogP contribution < -0.4 is 11.3 Å². The fraction of sp³-hybridized carbons (Fsp3) is 0.300.